The zero-order chi connectivity index (χ0) is 12.8. The number of hydrogen-bond acceptors (Lipinski definition) is 3. The molecule has 0 spiro atoms. The Bertz CT molecular complexity index is 355. The second-order valence-corrected chi connectivity index (χ2v) is 4.97. The number of hydrogen-bond donors (Lipinski definition) is 1. The molecule has 1 aromatic rings. The Labute approximate surface area is 112 Å². The number of likely N-dealkylation sites (N-methyl/N-ethyl adjacent to an activating group) is 1. The predicted octanol–water partition coefficient (Wildman–Crippen LogP) is 3.14. The molecule has 0 saturated carbocycles. The molecule has 0 aliphatic rings. The molecule has 17 heavy (non-hydrogen) atoms. The van der Waals surface area contributed by atoms with Gasteiger partial charge in [-0.05, 0) is 44.7 Å². The van der Waals surface area contributed by atoms with E-state index < -0.39 is 0 Å². The molecule has 1 aromatic carbocycles. The third-order valence-electron chi connectivity index (χ3n) is 2.52. The average Bonchev–Trinajstić information content (AvgIpc) is 2.31. The van der Waals surface area contributed by atoms with Gasteiger partial charge in [0.15, 0.2) is 0 Å². The van der Waals surface area contributed by atoms with Gasteiger partial charge in [-0.25, -0.2) is 0 Å². The van der Waals surface area contributed by atoms with E-state index in [1.165, 1.54) is 0 Å². The van der Waals surface area contributed by atoms with Crippen molar-refractivity contribution < 1.29 is 9.47 Å². The highest BCUT2D eigenvalue weighted by atomic mass is 79.9. The van der Waals surface area contributed by atoms with Crippen molar-refractivity contribution in [1.29, 1.82) is 0 Å². The van der Waals surface area contributed by atoms with Crippen LogP contribution in [0, 0.1) is 0 Å². The molecule has 1 N–H and O–H groups in total. The van der Waals surface area contributed by atoms with Crippen molar-refractivity contribution in [2.75, 3.05) is 20.8 Å². The van der Waals surface area contributed by atoms with Gasteiger partial charge in [-0.2, -0.15) is 0 Å². The molecule has 96 valence electrons. The van der Waals surface area contributed by atoms with E-state index in [0.717, 1.165) is 15.8 Å². The normalized spacial score (nSPS) is 12.8. The summed E-state index contributed by atoms with van der Waals surface area (Å²) in [5.41, 5.74) is 1.15. The maximum atomic E-state index is 5.65. The molecule has 1 atom stereocenters. The summed E-state index contributed by atoms with van der Waals surface area (Å²) in [6.45, 7) is 4.71. The number of methoxy groups -OCH3 is 1. The van der Waals surface area contributed by atoms with Crippen LogP contribution >= 0.6 is 15.9 Å². The average molecular weight is 302 g/mol. The van der Waals surface area contributed by atoms with Gasteiger partial charge in [0.25, 0.3) is 0 Å². The van der Waals surface area contributed by atoms with Crippen LogP contribution in [0.3, 0.4) is 0 Å². The summed E-state index contributed by atoms with van der Waals surface area (Å²) in [4.78, 5) is 0. The van der Waals surface area contributed by atoms with Crippen LogP contribution in [-0.2, 0) is 4.74 Å². The summed E-state index contributed by atoms with van der Waals surface area (Å²) < 4.78 is 12.0. The predicted molar refractivity (Wildman–Crippen MR) is 73.6 cm³/mol. The lowest BCUT2D eigenvalue weighted by Gasteiger charge is -2.20. The number of nitrogens with one attached hydrogen (secondary N) is 1. The fraction of sp³-hybridized carbons (Fsp3) is 0.538. The molecule has 0 heterocycles. The Balaban J connectivity index is 2.86. The Hall–Kier alpha value is -0.580. The van der Waals surface area contributed by atoms with Crippen LogP contribution in [0.2, 0.25) is 0 Å². The van der Waals surface area contributed by atoms with Crippen molar-refractivity contribution in [2.45, 2.75) is 26.0 Å². The number of halogens is 1. The van der Waals surface area contributed by atoms with E-state index in [9.17, 15) is 0 Å². The molecule has 4 heteroatoms. The topological polar surface area (TPSA) is 30.5 Å². The van der Waals surface area contributed by atoms with E-state index in [2.05, 4.69) is 21.2 Å². The largest absolute Gasteiger partial charge is 0.497 e. The highest BCUT2D eigenvalue weighted by Crippen LogP contribution is 2.28. The Morgan fingerprint density at radius 1 is 1.35 bits per heavy atom. The van der Waals surface area contributed by atoms with Crippen molar-refractivity contribution in [2.24, 2.45) is 0 Å². The van der Waals surface area contributed by atoms with Gasteiger partial charge in [0.1, 0.15) is 5.75 Å². The summed E-state index contributed by atoms with van der Waals surface area (Å²) in [5.74, 6) is 0.855. The second kappa shape index (κ2) is 6.99. The number of benzene rings is 1. The van der Waals surface area contributed by atoms with E-state index in [0.29, 0.717) is 6.61 Å². The van der Waals surface area contributed by atoms with Gasteiger partial charge in [-0.3, -0.25) is 0 Å². The van der Waals surface area contributed by atoms with Crippen LogP contribution in [-0.4, -0.2) is 26.9 Å². The fourth-order valence-electron chi connectivity index (χ4n) is 1.53. The van der Waals surface area contributed by atoms with E-state index in [4.69, 9.17) is 9.47 Å². The summed E-state index contributed by atoms with van der Waals surface area (Å²) in [6, 6.07) is 6.11. The van der Waals surface area contributed by atoms with E-state index in [1.807, 2.05) is 39.1 Å². The number of rotatable bonds is 6. The van der Waals surface area contributed by atoms with Crippen LogP contribution in [0.15, 0.2) is 22.7 Å². The molecule has 0 bridgehead atoms. The molecule has 0 fully saturated rings. The van der Waals surface area contributed by atoms with Gasteiger partial charge in [0, 0.05) is 4.47 Å². The molecule has 0 aromatic heterocycles. The van der Waals surface area contributed by atoms with E-state index >= 15 is 0 Å². The van der Waals surface area contributed by atoms with Crippen LogP contribution < -0.4 is 10.1 Å². The van der Waals surface area contributed by atoms with Crippen molar-refractivity contribution in [3.63, 3.8) is 0 Å². The quantitative estimate of drug-likeness (QED) is 0.875. The maximum absolute atomic E-state index is 5.65. The van der Waals surface area contributed by atoms with Crippen LogP contribution in [0.25, 0.3) is 0 Å². The van der Waals surface area contributed by atoms with Gasteiger partial charge in [0.2, 0.25) is 0 Å². The summed E-state index contributed by atoms with van der Waals surface area (Å²) in [7, 11) is 3.60. The minimum absolute atomic E-state index is 0.155. The summed E-state index contributed by atoms with van der Waals surface area (Å²) >= 11 is 3.56. The van der Waals surface area contributed by atoms with Gasteiger partial charge >= 0.3 is 0 Å². The fourth-order valence-corrected chi connectivity index (χ4v) is 2.06. The molecular weight excluding hydrogens is 282 g/mol. The zero-order valence-corrected chi connectivity index (χ0v) is 12.4. The standard InChI is InChI=1S/C13H20BrNO2/c1-9(2)17-8-13(15-3)11-7-10(16-4)5-6-12(11)14/h5-7,9,13,15H,8H2,1-4H3. The number of ether oxygens (including phenoxy) is 2. The first-order chi connectivity index (χ1) is 8.08. The first kappa shape index (κ1) is 14.5. The van der Waals surface area contributed by atoms with Crippen LogP contribution in [0.1, 0.15) is 25.5 Å². The molecule has 0 aliphatic carbocycles. The minimum atomic E-state index is 0.155. The summed E-state index contributed by atoms with van der Waals surface area (Å²) in [6.07, 6.45) is 0.232. The Morgan fingerprint density at radius 2 is 2.06 bits per heavy atom. The van der Waals surface area contributed by atoms with Gasteiger partial charge < -0.3 is 14.8 Å². The first-order valence-electron chi connectivity index (χ1n) is 5.70. The summed E-state index contributed by atoms with van der Waals surface area (Å²) in [5, 5.41) is 3.26. The third kappa shape index (κ3) is 4.30. The van der Waals surface area contributed by atoms with Gasteiger partial charge in [0.05, 0.1) is 25.9 Å². The monoisotopic (exact) mass is 301 g/mol. The lowest BCUT2D eigenvalue weighted by molar-refractivity contribution is 0.0624. The molecule has 1 rings (SSSR count). The lowest BCUT2D eigenvalue weighted by atomic mass is 10.1. The molecule has 0 amide bonds. The van der Waals surface area contributed by atoms with Crippen LogP contribution in [0.5, 0.6) is 5.75 Å². The van der Waals surface area contributed by atoms with Crippen molar-refractivity contribution in [3.8, 4) is 5.75 Å². The maximum Gasteiger partial charge on any atom is 0.119 e. The van der Waals surface area contributed by atoms with E-state index in [-0.39, 0.29) is 12.1 Å². The Morgan fingerprint density at radius 3 is 2.59 bits per heavy atom. The molecule has 0 aliphatic heterocycles. The lowest BCUT2D eigenvalue weighted by Crippen LogP contribution is -2.23. The highest BCUT2D eigenvalue weighted by Gasteiger charge is 2.14. The first-order valence-corrected chi connectivity index (χ1v) is 6.50. The zero-order valence-electron chi connectivity index (χ0n) is 10.8. The van der Waals surface area contributed by atoms with Crippen molar-refractivity contribution in [1.82, 2.24) is 5.32 Å². The van der Waals surface area contributed by atoms with E-state index in [1.54, 1.807) is 7.11 Å². The molecule has 0 saturated heterocycles. The molecular formula is C13H20BrNO2. The van der Waals surface area contributed by atoms with Gasteiger partial charge in [-0.15, -0.1) is 0 Å². The van der Waals surface area contributed by atoms with Crippen molar-refractivity contribution >= 4 is 15.9 Å². The molecule has 1 unspecified atom stereocenters. The van der Waals surface area contributed by atoms with Crippen LogP contribution in [0.4, 0.5) is 0 Å². The molecule has 3 nitrogen and oxygen atoms in total. The SMILES string of the molecule is CNC(COC(C)C)c1cc(OC)ccc1Br. The van der Waals surface area contributed by atoms with Crippen molar-refractivity contribution in [3.05, 3.63) is 28.2 Å². The third-order valence-corrected chi connectivity index (χ3v) is 3.25. The molecule has 0 radical (unpaired) electrons. The van der Waals surface area contributed by atoms with Gasteiger partial charge in [-0.1, -0.05) is 15.9 Å². The smallest absolute Gasteiger partial charge is 0.119 e. The Kier molecular flexibility index (Phi) is 5.95. The second-order valence-electron chi connectivity index (χ2n) is 4.11. The highest BCUT2D eigenvalue weighted by molar-refractivity contribution is 9.10. The minimum Gasteiger partial charge on any atom is -0.497 e.